The molecule has 0 fully saturated rings. The molecule has 0 aliphatic rings. The van der Waals surface area contributed by atoms with Crippen LogP contribution in [-0.4, -0.2) is 19.6 Å². The fourth-order valence-corrected chi connectivity index (χ4v) is 0.498. The quantitative estimate of drug-likeness (QED) is 0.447. The van der Waals surface area contributed by atoms with Crippen LogP contribution in [0.4, 0.5) is 4.39 Å². The van der Waals surface area contributed by atoms with Gasteiger partial charge < -0.3 is 5.11 Å². The zero-order chi connectivity index (χ0) is 7.98. The summed E-state index contributed by atoms with van der Waals surface area (Å²) in [7, 11) is 1.61. The molecule has 0 bridgehead atoms. The van der Waals surface area contributed by atoms with Crippen molar-refractivity contribution >= 4 is 7.85 Å². The van der Waals surface area contributed by atoms with E-state index >= 15 is 0 Å². The van der Waals surface area contributed by atoms with Crippen molar-refractivity contribution in [1.29, 1.82) is 0 Å². The van der Waals surface area contributed by atoms with Crippen molar-refractivity contribution in [3.8, 4) is 0 Å². The fraction of sp³-hybridized carbons (Fsp3) is 0.143. The van der Waals surface area contributed by atoms with Crippen LogP contribution in [0.15, 0.2) is 36.1 Å². The summed E-state index contributed by atoms with van der Waals surface area (Å²) in [6.45, 7) is 3.14. The van der Waals surface area contributed by atoms with Gasteiger partial charge in [0.25, 0.3) is 0 Å². The highest BCUT2D eigenvalue weighted by Gasteiger charge is 1.93. The molecule has 0 aromatic carbocycles. The van der Waals surface area contributed by atoms with Crippen molar-refractivity contribution < 1.29 is 9.50 Å². The molecule has 0 aromatic heterocycles. The van der Waals surface area contributed by atoms with E-state index in [0.717, 1.165) is 6.08 Å². The normalized spacial score (nSPS) is 13.4. The van der Waals surface area contributed by atoms with Crippen LogP contribution in [0.25, 0.3) is 0 Å². The Morgan fingerprint density at radius 1 is 1.70 bits per heavy atom. The first-order chi connectivity index (χ1) is 4.72. The lowest BCUT2D eigenvalue weighted by Crippen LogP contribution is -1.84. The summed E-state index contributed by atoms with van der Waals surface area (Å²) in [5.41, 5.74) is 0.476. The van der Waals surface area contributed by atoms with Gasteiger partial charge in [-0.25, -0.2) is 4.39 Å². The molecule has 10 heavy (non-hydrogen) atoms. The van der Waals surface area contributed by atoms with Crippen LogP contribution >= 0.6 is 0 Å². The Balaban J connectivity index is 4.19. The summed E-state index contributed by atoms with van der Waals surface area (Å²) in [6.07, 6.45) is 4.15. The summed E-state index contributed by atoms with van der Waals surface area (Å²) in [5, 5.41) is 8.28. The summed E-state index contributed by atoms with van der Waals surface area (Å²) in [4.78, 5) is 0. The number of allylic oxidation sites excluding steroid dienone is 4. The smallest absolute Gasteiger partial charge is 0.143 e. The van der Waals surface area contributed by atoms with Crippen LogP contribution in [0.3, 0.4) is 0 Å². The van der Waals surface area contributed by atoms with Crippen LogP contribution in [0.1, 0.15) is 0 Å². The summed E-state index contributed by atoms with van der Waals surface area (Å²) < 4.78 is 12.6. The first kappa shape index (κ1) is 9.17. The molecule has 1 N–H and O–H groups in total. The molecule has 0 atom stereocenters. The highest BCUT2D eigenvalue weighted by Crippen LogP contribution is 2.06. The third kappa shape index (κ3) is 3.25. The van der Waals surface area contributed by atoms with Gasteiger partial charge in [0.05, 0.1) is 6.61 Å². The van der Waals surface area contributed by atoms with Gasteiger partial charge in [-0.05, 0) is 6.08 Å². The lowest BCUT2D eigenvalue weighted by molar-refractivity contribution is 0.339. The molecule has 1 nitrogen and oxygen atoms in total. The number of hydrogen-bond donors (Lipinski definition) is 1. The Kier molecular flexibility index (Phi) is 4.59. The Labute approximate surface area is 61.0 Å². The average Bonchev–Trinajstić information content (AvgIpc) is 1.89. The van der Waals surface area contributed by atoms with E-state index in [1.807, 2.05) is 0 Å². The van der Waals surface area contributed by atoms with E-state index in [-0.39, 0.29) is 6.61 Å². The minimum atomic E-state index is -0.401. The van der Waals surface area contributed by atoms with Crippen LogP contribution in [0, 0.1) is 0 Å². The first-order valence-electron chi connectivity index (χ1n) is 2.98. The number of aliphatic hydroxyl groups excluding tert-OH is 1. The monoisotopic (exact) mass is 140 g/mol. The van der Waals surface area contributed by atoms with Crippen LogP contribution in [-0.2, 0) is 0 Å². The van der Waals surface area contributed by atoms with Crippen molar-refractivity contribution in [2.75, 3.05) is 6.61 Å². The molecule has 0 radical (unpaired) electrons. The fourth-order valence-electron chi connectivity index (χ4n) is 0.498. The minimum absolute atomic E-state index is 0.270. The predicted octanol–water partition coefficient (Wildman–Crippen LogP) is 0.535. The average molecular weight is 140 g/mol. The number of hydrogen-bond acceptors (Lipinski definition) is 1. The molecule has 0 amide bonds. The van der Waals surface area contributed by atoms with Gasteiger partial charge in [-0.2, -0.15) is 0 Å². The molecule has 0 heterocycles. The predicted molar refractivity (Wildman–Crippen MR) is 43.1 cm³/mol. The molecule has 0 unspecified atom stereocenters. The molecular weight excluding hydrogens is 130 g/mol. The van der Waals surface area contributed by atoms with Crippen LogP contribution in [0.5, 0.6) is 0 Å². The molecule has 54 valence electrons. The summed E-state index contributed by atoms with van der Waals surface area (Å²) in [6, 6.07) is 0. The Hall–Kier alpha value is -0.825. The van der Waals surface area contributed by atoms with E-state index in [1.165, 1.54) is 6.08 Å². The van der Waals surface area contributed by atoms with Gasteiger partial charge >= 0.3 is 0 Å². The third-order valence-corrected chi connectivity index (χ3v) is 1.02. The van der Waals surface area contributed by atoms with Gasteiger partial charge in [0, 0.05) is 0 Å². The van der Waals surface area contributed by atoms with Gasteiger partial charge in [0.2, 0.25) is 0 Å². The Bertz CT molecular complexity index is 172. The van der Waals surface area contributed by atoms with E-state index in [1.54, 1.807) is 13.9 Å². The van der Waals surface area contributed by atoms with E-state index in [4.69, 9.17) is 5.11 Å². The molecule has 0 aliphatic carbocycles. The molecule has 0 aliphatic heterocycles. The zero-order valence-corrected chi connectivity index (χ0v) is 5.97. The van der Waals surface area contributed by atoms with Crippen LogP contribution in [0.2, 0.25) is 0 Å². The van der Waals surface area contributed by atoms with Gasteiger partial charge in [-0.3, -0.25) is 0 Å². The largest absolute Gasteiger partial charge is 0.392 e. The van der Waals surface area contributed by atoms with Gasteiger partial charge in [0.15, 0.2) is 0 Å². The Morgan fingerprint density at radius 2 is 2.30 bits per heavy atom. The highest BCUT2D eigenvalue weighted by atomic mass is 19.1. The first-order valence-corrected chi connectivity index (χ1v) is 2.98. The Morgan fingerprint density at radius 3 is 2.70 bits per heavy atom. The van der Waals surface area contributed by atoms with Crippen molar-refractivity contribution in [1.82, 2.24) is 0 Å². The molecule has 0 aromatic rings. The maximum Gasteiger partial charge on any atom is 0.143 e. The number of aliphatic hydroxyl groups is 1. The maximum atomic E-state index is 12.6. The van der Waals surface area contributed by atoms with Gasteiger partial charge in [-0.15, -0.1) is 0 Å². The molecule has 0 spiro atoms. The van der Waals surface area contributed by atoms with E-state index in [9.17, 15) is 4.39 Å². The van der Waals surface area contributed by atoms with Crippen molar-refractivity contribution in [2.24, 2.45) is 0 Å². The zero-order valence-electron chi connectivity index (χ0n) is 5.97. The van der Waals surface area contributed by atoms with E-state index in [0.29, 0.717) is 5.47 Å². The molecule has 0 saturated heterocycles. The second-order valence-electron chi connectivity index (χ2n) is 1.82. The number of halogens is 1. The number of rotatable bonds is 3. The highest BCUT2D eigenvalue weighted by molar-refractivity contribution is 6.24. The van der Waals surface area contributed by atoms with Crippen molar-refractivity contribution in [3.63, 3.8) is 0 Å². The molecule has 3 heteroatoms. The van der Waals surface area contributed by atoms with Crippen molar-refractivity contribution in [3.05, 3.63) is 36.1 Å². The molecular formula is C7H10BFO. The topological polar surface area (TPSA) is 20.2 Å². The lowest BCUT2D eigenvalue weighted by Gasteiger charge is -1.92. The maximum absolute atomic E-state index is 12.6. The summed E-state index contributed by atoms with van der Waals surface area (Å²) in [5.74, 6) is -0.401. The minimum Gasteiger partial charge on any atom is -0.392 e. The second-order valence-corrected chi connectivity index (χ2v) is 1.82. The van der Waals surface area contributed by atoms with E-state index < -0.39 is 5.83 Å². The van der Waals surface area contributed by atoms with Gasteiger partial charge in [-0.1, -0.05) is 24.2 Å². The second kappa shape index (κ2) is 5.00. The van der Waals surface area contributed by atoms with Gasteiger partial charge in [0.1, 0.15) is 13.7 Å². The van der Waals surface area contributed by atoms with E-state index in [2.05, 4.69) is 6.58 Å². The lowest BCUT2D eigenvalue weighted by atomic mass is 9.94. The summed E-state index contributed by atoms with van der Waals surface area (Å²) >= 11 is 0. The third-order valence-electron chi connectivity index (χ3n) is 1.02. The SMILES string of the molecule is BC(=C/C=C)/C(F)=C\CO. The molecule has 0 rings (SSSR count). The van der Waals surface area contributed by atoms with Crippen LogP contribution < -0.4 is 0 Å². The standard InChI is InChI=1S/C7H10BFO/c1-2-3-6(8)7(9)4-5-10/h2-4,10H,1,5,8H2/b6-3+,7-4+. The van der Waals surface area contributed by atoms with Crippen molar-refractivity contribution in [2.45, 2.75) is 0 Å². The molecule has 0 saturated carbocycles.